The van der Waals surface area contributed by atoms with E-state index in [0.717, 1.165) is 0 Å². The zero-order valence-electron chi connectivity index (χ0n) is 18.5. The summed E-state index contributed by atoms with van der Waals surface area (Å²) in [5, 5.41) is 3.43. The van der Waals surface area contributed by atoms with Crippen LogP contribution in [0, 0.1) is 0 Å². The van der Waals surface area contributed by atoms with Crippen molar-refractivity contribution in [2.24, 2.45) is 0 Å². The number of carbonyl (C=O) groups is 2. The second-order valence-electron chi connectivity index (χ2n) is 7.36. The lowest BCUT2D eigenvalue weighted by Crippen LogP contribution is -2.49. The molecule has 1 N–H and O–H groups in total. The number of rotatable bonds is 8. The molecular weight excluding hydrogens is 434 g/mol. The zero-order valence-corrected chi connectivity index (χ0v) is 19.3. The van der Waals surface area contributed by atoms with Crippen LogP contribution in [0.15, 0.2) is 36.4 Å². The predicted molar refractivity (Wildman–Crippen MR) is 123 cm³/mol. The van der Waals surface area contributed by atoms with Gasteiger partial charge in [-0.15, -0.1) is 0 Å². The van der Waals surface area contributed by atoms with Gasteiger partial charge in [-0.05, 0) is 18.2 Å². The van der Waals surface area contributed by atoms with Gasteiger partial charge < -0.3 is 24.4 Å². The number of benzene rings is 2. The van der Waals surface area contributed by atoms with E-state index in [1.807, 2.05) is 4.90 Å². The molecule has 8 nitrogen and oxygen atoms in total. The van der Waals surface area contributed by atoms with Gasteiger partial charge in [-0.3, -0.25) is 14.5 Å². The van der Waals surface area contributed by atoms with Crippen molar-refractivity contribution in [2.75, 3.05) is 59.4 Å². The van der Waals surface area contributed by atoms with Gasteiger partial charge in [0.2, 0.25) is 11.7 Å². The smallest absolute Gasteiger partial charge is 0.253 e. The molecule has 2 amide bonds. The third-order valence-electron chi connectivity index (χ3n) is 5.33. The summed E-state index contributed by atoms with van der Waals surface area (Å²) in [5.74, 6) is 1.28. The van der Waals surface area contributed by atoms with Crippen molar-refractivity contribution in [3.63, 3.8) is 0 Å². The van der Waals surface area contributed by atoms with Crippen molar-refractivity contribution in [3.05, 3.63) is 47.0 Å². The first-order valence-electron chi connectivity index (χ1n) is 10.3. The lowest BCUT2D eigenvalue weighted by atomic mass is 10.2. The van der Waals surface area contributed by atoms with Crippen LogP contribution in [-0.4, -0.2) is 75.7 Å². The largest absolute Gasteiger partial charge is 0.493 e. The van der Waals surface area contributed by atoms with Crippen LogP contribution in [0.3, 0.4) is 0 Å². The van der Waals surface area contributed by atoms with E-state index in [1.165, 1.54) is 21.3 Å². The molecule has 0 radical (unpaired) electrons. The highest BCUT2D eigenvalue weighted by molar-refractivity contribution is 6.30. The van der Waals surface area contributed by atoms with Gasteiger partial charge in [0.05, 0.1) is 21.3 Å². The molecule has 0 atom stereocenters. The van der Waals surface area contributed by atoms with Gasteiger partial charge in [0.15, 0.2) is 11.5 Å². The summed E-state index contributed by atoms with van der Waals surface area (Å²) in [6.45, 7) is 3.25. The van der Waals surface area contributed by atoms with Crippen LogP contribution in [-0.2, 0) is 4.79 Å². The van der Waals surface area contributed by atoms with Crippen LogP contribution < -0.4 is 19.5 Å². The highest BCUT2D eigenvalue weighted by atomic mass is 35.5. The highest BCUT2D eigenvalue weighted by Crippen LogP contribution is 2.39. The van der Waals surface area contributed by atoms with Crippen LogP contribution >= 0.6 is 11.6 Å². The Balaban J connectivity index is 1.49. The minimum Gasteiger partial charge on any atom is -0.493 e. The van der Waals surface area contributed by atoms with Crippen molar-refractivity contribution in [1.82, 2.24) is 9.80 Å². The molecule has 0 bridgehead atoms. The number of hydrogen-bond acceptors (Lipinski definition) is 6. The minimum absolute atomic E-state index is 0.0210. The molecule has 1 aliphatic heterocycles. The molecule has 3 rings (SSSR count). The first-order chi connectivity index (χ1) is 15.4. The maximum atomic E-state index is 12.6. The molecule has 1 aliphatic rings. The lowest BCUT2D eigenvalue weighted by molar-refractivity contribution is -0.116. The number of nitrogens with one attached hydrogen (secondary N) is 1. The fraction of sp³-hybridized carbons (Fsp3) is 0.391. The normalized spacial score (nSPS) is 14.1. The Hall–Kier alpha value is -2.97. The number of hydrogen-bond donors (Lipinski definition) is 1. The third kappa shape index (κ3) is 5.83. The van der Waals surface area contributed by atoms with Gasteiger partial charge in [0.1, 0.15) is 0 Å². The zero-order chi connectivity index (χ0) is 23.1. The standard InChI is InChI=1S/C23H28ClN3O5/c1-30-19-14-18(15-20(31-2)22(19)32-3)25-21(28)7-8-26-9-11-27(12-10-26)23(29)16-5-4-6-17(24)13-16/h4-6,13-15H,7-12H2,1-3H3,(H,25,28). The second-order valence-corrected chi connectivity index (χ2v) is 7.79. The second kappa shape index (κ2) is 11.1. The maximum Gasteiger partial charge on any atom is 0.253 e. The highest BCUT2D eigenvalue weighted by Gasteiger charge is 2.22. The Bertz CT molecular complexity index is 935. The van der Waals surface area contributed by atoms with Crippen molar-refractivity contribution in [2.45, 2.75) is 6.42 Å². The summed E-state index contributed by atoms with van der Waals surface area (Å²) in [5.41, 5.74) is 1.16. The number of amides is 2. The monoisotopic (exact) mass is 461 g/mol. The average Bonchev–Trinajstić information content (AvgIpc) is 2.81. The number of anilines is 1. The van der Waals surface area contributed by atoms with Crippen LogP contribution in [0.2, 0.25) is 5.02 Å². The summed E-state index contributed by atoms with van der Waals surface area (Å²) in [7, 11) is 4.58. The van der Waals surface area contributed by atoms with E-state index in [2.05, 4.69) is 10.2 Å². The number of halogens is 1. The summed E-state index contributed by atoms with van der Waals surface area (Å²) >= 11 is 5.99. The summed E-state index contributed by atoms with van der Waals surface area (Å²) in [6.07, 6.45) is 0.332. The van der Waals surface area contributed by atoms with Crippen LogP contribution in [0.5, 0.6) is 17.2 Å². The molecule has 2 aromatic carbocycles. The van der Waals surface area contributed by atoms with Crippen molar-refractivity contribution >= 4 is 29.1 Å². The Morgan fingerprint density at radius 1 is 0.969 bits per heavy atom. The molecule has 2 aromatic rings. The molecule has 0 saturated carbocycles. The Morgan fingerprint density at radius 2 is 1.62 bits per heavy atom. The molecule has 9 heteroatoms. The van der Waals surface area contributed by atoms with E-state index in [9.17, 15) is 9.59 Å². The molecule has 32 heavy (non-hydrogen) atoms. The van der Waals surface area contributed by atoms with Gasteiger partial charge in [0.25, 0.3) is 5.91 Å². The molecule has 1 fully saturated rings. The summed E-state index contributed by atoms with van der Waals surface area (Å²) in [4.78, 5) is 29.1. The molecule has 0 unspecified atom stereocenters. The molecular formula is C23H28ClN3O5. The molecule has 172 valence electrons. The van der Waals surface area contributed by atoms with Crippen molar-refractivity contribution < 1.29 is 23.8 Å². The quantitative estimate of drug-likeness (QED) is 0.650. The van der Waals surface area contributed by atoms with Gasteiger partial charge in [-0.1, -0.05) is 17.7 Å². The summed E-state index contributed by atoms with van der Waals surface area (Å²) in [6, 6.07) is 10.4. The third-order valence-corrected chi connectivity index (χ3v) is 5.57. The van der Waals surface area contributed by atoms with Crippen LogP contribution in [0.4, 0.5) is 5.69 Å². The fourth-order valence-corrected chi connectivity index (χ4v) is 3.81. The number of piperazine rings is 1. The van der Waals surface area contributed by atoms with E-state index in [4.69, 9.17) is 25.8 Å². The van der Waals surface area contributed by atoms with E-state index in [1.54, 1.807) is 36.4 Å². The van der Waals surface area contributed by atoms with E-state index in [0.29, 0.717) is 72.7 Å². The first kappa shape index (κ1) is 23.7. The van der Waals surface area contributed by atoms with Crippen LogP contribution in [0.1, 0.15) is 16.8 Å². The van der Waals surface area contributed by atoms with E-state index >= 15 is 0 Å². The number of ether oxygens (including phenoxy) is 3. The van der Waals surface area contributed by atoms with Gasteiger partial charge in [-0.25, -0.2) is 0 Å². The predicted octanol–water partition coefficient (Wildman–Crippen LogP) is 3.15. The molecule has 0 spiro atoms. The summed E-state index contributed by atoms with van der Waals surface area (Å²) < 4.78 is 15.9. The molecule has 1 saturated heterocycles. The van der Waals surface area contributed by atoms with Gasteiger partial charge in [0, 0.05) is 67.6 Å². The minimum atomic E-state index is -0.114. The average molecular weight is 462 g/mol. The SMILES string of the molecule is COc1cc(NC(=O)CCN2CCN(C(=O)c3cccc(Cl)c3)CC2)cc(OC)c1OC. The van der Waals surface area contributed by atoms with E-state index < -0.39 is 0 Å². The van der Waals surface area contributed by atoms with Crippen molar-refractivity contribution in [1.29, 1.82) is 0 Å². The fourth-order valence-electron chi connectivity index (χ4n) is 3.62. The Kier molecular flexibility index (Phi) is 8.19. The number of nitrogens with zero attached hydrogens (tertiary/aromatic N) is 2. The van der Waals surface area contributed by atoms with Crippen molar-refractivity contribution in [3.8, 4) is 17.2 Å². The molecule has 0 aromatic heterocycles. The van der Waals surface area contributed by atoms with E-state index in [-0.39, 0.29) is 11.8 Å². The first-order valence-corrected chi connectivity index (χ1v) is 10.7. The molecule has 1 heterocycles. The van der Waals surface area contributed by atoms with Gasteiger partial charge in [-0.2, -0.15) is 0 Å². The topological polar surface area (TPSA) is 80.3 Å². The number of carbonyl (C=O) groups excluding carboxylic acids is 2. The maximum absolute atomic E-state index is 12.6. The van der Waals surface area contributed by atoms with Gasteiger partial charge >= 0.3 is 0 Å². The lowest BCUT2D eigenvalue weighted by Gasteiger charge is -2.34. The molecule has 0 aliphatic carbocycles. The van der Waals surface area contributed by atoms with Crippen LogP contribution in [0.25, 0.3) is 0 Å². The Labute approximate surface area is 193 Å². The Morgan fingerprint density at radius 3 is 2.19 bits per heavy atom. The number of methoxy groups -OCH3 is 3.